The molecular formula is C19H19N3O3S2. The van der Waals surface area contributed by atoms with E-state index in [0.29, 0.717) is 16.6 Å². The van der Waals surface area contributed by atoms with Crippen LogP contribution in [0.15, 0.2) is 47.2 Å². The standard InChI is InChI=1S/C19H19N3O3S2/c1-2-9-25-14-7-5-13(6-8-14)15-12-27-19(21-15)22-17(23)11-20-18(24)16-4-3-10-26-16/h3-8,10,12H,2,9,11H2,1H3,(H,20,24)(H,21,22,23). The van der Waals surface area contributed by atoms with E-state index in [1.807, 2.05) is 35.0 Å². The predicted molar refractivity (Wildman–Crippen MR) is 109 cm³/mol. The molecule has 3 aromatic rings. The van der Waals surface area contributed by atoms with Gasteiger partial charge in [0.15, 0.2) is 5.13 Å². The van der Waals surface area contributed by atoms with Crippen LogP contribution in [-0.4, -0.2) is 29.9 Å². The average molecular weight is 402 g/mol. The van der Waals surface area contributed by atoms with Crippen LogP contribution in [0, 0.1) is 0 Å². The van der Waals surface area contributed by atoms with Crippen LogP contribution in [0.3, 0.4) is 0 Å². The molecule has 0 atom stereocenters. The number of anilines is 1. The van der Waals surface area contributed by atoms with Crippen LogP contribution in [0.2, 0.25) is 0 Å². The number of aromatic nitrogens is 1. The number of hydrogen-bond donors (Lipinski definition) is 2. The van der Waals surface area contributed by atoms with Crippen molar-refractivity contribution in [3.8, 4) is 17.0 Å². The Morgan fingerprint density at radius 3 is 2.67 bits per heavy atom. The van der Waals surface area contributed by atoms with Crippen LogP contribution >= 0.6 is 22.7 Å². The zero-order chi connectivity index (χ0) is 19.1. The Bertz CT molecular complexity index is 889. The topological polar surface area (TPSA) is 80.3 Å². The molecule has 140 valence electrons. The molecule has 2 aromatic heterocycles. The maximum atomic E-state index is 12.0. The maximum absolute atomic E-state index is 12.0. The zero-order valence-electron chi connectivity index (χ0n) is 14.7. The van der Waals surface area contributed by atoms with Crippen molar-refractivity contribution in [3.05, 3.63) is 52.0 Å². The number of amides is 2. The van der Waals surface area contributed by atoms with Crippen molar-refractivity contribution in [3.63, 3.8) is 0 Å². The molecule has 0 saturated heterocycles. The first-order valence-electron chi connectivity index (χ1n) is 8.46. The Balaban J connectivity index is 1.52. The summed E-state index contributed by atoms with van der Waals surface area (Å²) < 4.78 is 5.57. The van der Waals surface area contributed by atoms with Crippen molar-refractivity contribution in [1.29, 1.82) is 0 Å². The fourth-order valence-corrected chi connectivity index (χ4v) is 3.60. The van der Waals surface area contributed by atoms with Gasteiger partial charge in [0.1, 0.15) is 5.75 Å². The van der Waals surface area contributed by atoms with E-state index in [4.69, 9.17) is 4.74 Å². The normalized spacial score (nSPS) is 10.4. The van der Waals surface area contributed by atoms with E-state index < -0.39 is 0 Å². The summed E-state index contributed by atoms with van der Waals surface area (Å²) in [6, 6.07) is 11.2. The van der Waals surface area contributed by atoms with Crippen molar-refractivity contribution in [1.82, 2.24) is 10.3 Å². The van der Waals surface area contributed by atoms with E-state index in [9.17, 15) is 9.59 Å². The lowest BCUT2D eigenvalue weighted by atomic mass is 10.2. The van der Waals surface area contributed by atoms with Gasteiger partial charge in [-0.25, -0.2) is 4.98 Å². The number of benzene rings is 1. The highest BCUT2D eigenvalue weighted by Crippen LogP contribution is 2.26. The third-order valence-electron chi connectivity index (χ3n) is 3.53. The molecule has 1 aromatic carbocycles. The number of ether oxygens (including phenoxy) is 1. The molecule has 0 saturated carbocycles. The molecular weight excluding hydrogens is 382 g/mol. The van der Waals surface area contributed by atoms with Crippen LogP contribution in [0.25, 0.3) is 11.3 Å². The Kier molecular flexibility index (Phi) is 6.56. The molecule has 8 heteroatoms. The van der Waals surface area contributed by atoms with Crippen LogP contribution in [-0.2, 0) is 4.79 Å². The van der Waals surface area contributed by atoms with Crippen molar-refractivity contribution >= 4 is 39.6 Å². The van der Waals surface area contributed by atoms with Gasteiger partial charge in [-0.05, 0) is 42.1 Å². The van der Waals surface area contributed by atoms with E-state index >= 15 is 0 Å². The van der Waals surface area contributed by atoms with Gasteiger partial charge in [-0.1, -0.05) is 13.0 Å². The second kappa shape index (κ2) is 9.29. The minimum atomic E-state index is -0.316. The van der Waals surface area contributed by atoms with Crippen molar-refractivity contribution in [2.24, 2.45) is 0 Å². The minimum Gasteiger partial charge on any atom is -0.494 e. The Hall–Kier alpha value is -2.71. The van der Waals surface area contributed by atoms with Gasteiger partial charge in [0.25, 0.3) is 5.91 Å². The van der Waals surface area contributed by atoms with E-state index in [-0.39, 0.29) is 18.4 Å². The molecule has 0 unspecified atom stereocenters. The lowest BCUT2D eigenvalue weighted by Gasteiger charge is -2.05. The highest BCUT2D eigenvalue weighted by molar-refractivity contribution is 7.14. The molecule has 0 radical (unpaired) electrons. The molecule has 2 N–H and O–H groups in total. The Labute approximate surface area is 165 Å². The van der Waals surface area contributed by atoms with Gasteiger partial charge >= 0.3 is 0 Å². The van der Waals surface area contributed by atoms with Crippen LogP contribution in [0.5, 0.6) is 5.75 Å². The molecule has 3 rings (SSSR count). The average Bonchev–Trinajstić information content (AvgIpc) is 3.37. The summed E-state index contributed by atoms with van der Waals surface area (Å²) in [6.07, 6.45) is 0.963. The monoisotopic (exact) mass is 401 g/mol. The largest absolute Gasteiger partial charge is 0.494 e. The number of rotatable bonds is 8. The highest BCUT2D eigenvalue weighted by Gasteiger charge is 2.11. The summed E-state index contributed by atoms with van der Waals surface area (Å²) >= 11 is 2.67. The minimum absolute atomic E-state index is 0.102. The third kappa shape index (κ3) is 5.38. The molecule has 6 nitrogen and oxygen atoms in total. The van der Waals surface area contributed by atoms with Gasteiger partial charge in [-0.15, -0.1) is 22.7 Å². The molecule has 2 heterocycles. The van der Waals surface area contributed by atoms with Crippen LogP contribution in [0.4, 0.5) is 5.13 Å². The summed E-state index contributed by atoms with van der Waals surface area (Å²) in [4.78, 5) is 28.8. The van der Waals surface area contributed by atoms with Crippen molar-refractivity contribution < 1.29 is 14.3 Å². The SMILES string of the molecule is CCCOc1ccc(-c2csc(NC(=O)CNC(=O)c3cccs3)n2)cc1. The molecule has 27 heavy (non-hydrogen) atoms. The summed E-state index contributed by atoms with van der Waals surface area (Å²) in [5, 5.41) is 9.48. The first-order chi connectivity index (χ1) is 13.2. The van der Waals surface area contributed by atoms with E-state index in [2.05, 4.69) is 22.5 Å². The van der Waals surface area contributed by atoms with Gasteiger partial charge in [0, 0.05) is 10.9 Å². The number of nitrogens with one attached hydrogen (secondary N) is 2. The highest BCUT2D eigenvalue weighted by atomic mass is 32.1. The Morgan fingerprint density at radius 1 is 1.15 bits per heavy atom. The van der Waals surface area contributed by atoms with Gasteiger partial charge in [0.05, 0.1) is 23.7 Å². The molecule has 0 aliphatic heterocycles. The molecule has 0 aliphatic carbocycles. The Morgan fingerprint density at radius 2 is 1.96 bits per heavy atom. The second-order valence-electron chi connectivity index (χ2n) is 5.62. The first kappa shape index (κ1) is 19.1. The van der Waals surface area contributed by atoms with E-state index in [1.165, 1.54) is 22.7 Å². The number of hydrogen-bond acceptors (Lipinski definition) is 6. The van der Waals surface area contributed by atoms with Gasteiger partial charge in [-0.2, -0.15) is 0 Å². The lowest BCUT2D eigenvalue weighted by Crippen LogP contribution is -2.32. The smallest absolute Gasteiger partial charge is 0.261 e. The van der Waals surface area contributed by atoms with Gasteiger partial charge in [0.2, 0.25) is 5.91 Å². The maximum Gasteiger partial charge on any atom is 0.261 e. The predicted octanol–water partition coefficient (Wildman–Crippen LogP) is 4.03. The molecule has 0 spiro atoms. The second-order valence-corrected chi connectivity index (χ2v) is 7.42. The summed E-state index contributed by atoms with van der Waals surface area (Å²) in [6.45, 7) is 2.65. The lowest BCUT2D eigenvalue weighted by molar-refractivity contribution is -0.115. The van der Waals surface area contributed by atoms with Gasteiger partial charge in [-0.3, -0.25) is 9.59 Å². The van der Waals surface area contributed by atoms with Crippen LogP contribution < -0.4 is 15.4 Å². The summed E-state index contributed by atoms with van der Waals surface area (Å²) in [5.74, 6) is 0.250. The third-order valence-corrected chi connectivity index (χ3v) is 5.15. The fraction of sp³-hybridized carbons (Fsp3) is 0.211. The zero-order valence-corrected chi connectivity index (χ0v) is 16.4. The molecule has 0 aliphatic rings. The number of thiophene rings is 1. The molecule has 0 bridgehead atoms. The summed E-state index contributed by atoms with van der Waals surface area (Å²) in [5.41, 5.74) is 1.72. The number of nitrogens with zero attached hydrogens (tertiary/aromatic N) is 1. The van der Waals surface area contributed by atoms with Gasteiger partial charge < -0.3 is 15.4 Å². The fourth-order valence-electron chi connectivity index (χ4n) is 2.22. The van der Waals surface area contributed by atoms with E-state index in [0.717, 1.165) is 23.4 Å². The van der Waals surface area contributed by atoms with E-state index in [1.54, 1.807) is 12.1 Å². The van der Waals surface area contributed by atoms with Crippen molar-refractivity contribution in [2.45, 2.75) is 13.3 Å². The quantitative estimate of drug-likeness (QED) is 0.597. The first-order valence-corrected chi connectivity index (χ1v) is 10.2. The van der Waals surface area contributed by atoms with Crippen LogP contribution in [0.1, 0.15) is 23.0 Å². The summed E-state index contributed by atoms with van der Waals surface area (Å²) in [7, 11) is 0. The number of thiazole rings is 1. The number of carbonyl (C=O) groups excluding carboxylic acids is 2. The van der Waals surface area contributed by atoms with Crippen molar-refractivity contribution in [2.75, 3.05) is 18.5 Å². The molecule has 0 fully saturated rings. The molecule has 2 amide bonds. The number of carbonyl (C=O) groups is 2.